The van der Waals surface area contributed by atoms with Crippen LogP contribution < -0.4 is 9.64 Å². The summed E-state index contributed by atoms with van der Waals surface area (Å²) >= 11 is 0. The number of nitrogens with zero attached hydrogens (tertiary/aromatic N) is 4. The molecule has 0 amide bonds. The predicted molar refractivity (Wildman–Crippen MR) is 60.8 cm³/mol. The highest BCUT2D eigenvalue weighted by Crippen LogP contribution is 2.32. The van der Waals surface area contributed by atoms with Gasteiger partial charge in [0, 0.05) is 6.54 Å². The Bertz CT molecular complexity index is 464. The highest BCUT2D eigenvalue weighted by molar-refractivity contribution is 5.75. The summed E-state index contributed by atoms with van der Waals surface area (Å²) in [6.07, 6.45) is 1.09. The van der Waals surface area contributed by atoms with Crippen LogP contribution in [0.4, 0.5) is 11.5 Å². The predicted octanol–water partition coefficient (Wildman–Crippen LogP) is 0.304. The standard InChI is InChI=1S/C9H12N4O5/c1-3-12(4-6(14)15)8-7(13(16)17)9(18-2)11-5-10-8/h5H,3-4H2,1-2H3,(H,14,15). The lowest BCUT2D eigenvalue weighted by Crippen LogP contribution is -2.30. The summed E-state index contributed by atoms with van der Waals surface area (Å²) in [4.78, 5) is 29.6. The van der Waals surface area contributed by atoms with Crippen LogP contribution in [0.15, 0.2) is 6.33 Å². The fourth-order valence-electron chi connectivity index (χ4n) is 1.39. The molecular weight excluding hydrogens is 244 g/mol. The molecule has 1 aromatic rings. The third-order valence-electron chi connectivity index (χ3n) is 2.15. The summed E-state index contributed by atoms with van der Waals surface area (Å²) in [6.45, 7) is 1.53. The van der Waals surface area contributed by atoms with Gasteiger partial charge in [-0.15, -0.1) is 0 Å². The number of hydrogen-bond donors (Lipinski definition) is 1. The molecular formula is C9H12N4O5. The molecule has 0 spiro atoms. The first kappa shape index (κ1) is 13.6. The number of aromatic nitrogens is 2. The fourth-order valence-corrected chi connectivity index (χ4v) is 1.39. The minimum Gasteiger partial charge on any atom is -0.480 e. The average molecular weight is 256 g/mol. The van der Waals surface area contributed by atoms with E-state index >= 15 is 0 Å². The van der Waals surface area contributed by atoms with Crippen LogP contribution in [0.5, 0.6) is 5.88 Å². The maximum atomic E-state index is 11.0. The van der Waals surface area contributed by atoms with Crippen LogP contribution in [-0.2, 0) is 4.79 Å². The SMILES string of the molecule is CCN(CC(=O)O)c1ncnc(OC)c1[N+](=O)[O-]. The molecule has 0 aliphatic rings. The normalized spacial score (nSPS) is 9.89. The van der Waals surface area contributed by atoms with E-state index in [2.05, 4.69) is 9.97 Å². The Hall–Kier alpha value is -2.45. The average Bonchev–Trinajstić information content (AvgIpc) is 2.34. The Balaban J connectivity index is 3.28. The zero-order valence-corrected chi connectivity index (χ0v) is 9.86. The summed E-state index contributed by atoms with van der Waals surface area (Å²) in [5.74, 6) is -1.38. The van der Waals surface area contributed by atoms with Crippen molar-refractivity contribution in [1.29, 1.82) is 0 Å². The number of carboxylic acids is 1. The maximum absolute atomic E-state index is 11.0. The van der Waals surface area contributed by atoms with Gasteiger partial charge in [-0.1, -0.05) is 0 Å². The number of likely N-dealkylation sites (N-methyl/N-ethyl adjacent to an activating group) is 1. The number of rotatable bonds is 6. The summed E-state index contributed by atoms with van der Waals surface area (Å²) in [5.41, 5.74) is -0.442. The molecule has 0 radical (unpaired) electrons. The number of hydrogen-bond acceptors (Lipinski definition) is 7. The molecule has 0 atom stereocenters. The molecule has 1 N–H and O–H groups in total. The van der Waals surface area contributed by atoms with Crippen molar-refractivity contribution < 1.29 is 19.6 Å². The maximum Gasteiger partial charge on any atom is 0.372 e. The first-order valence-electron chi connectivity index (χ1n) is 5.01. The van der Waals surface area contributed by atoms with E-state index in [1.807, 2.05) is 0 Å². The van der Waals surface area contributed by atoms with Gasteiger partial charge >= 0.3 is 11.7 Å². The van der Waals surface area contributed by atoms with Gasteiger partial charge in [-0.05, 0) is 6.92 Å². The van der Waals surface area contributed by atoms with E-state index < -0.39 is 23.1 Å². The Labute approximate surface area is 102 Å². The number of ether oxygens (including phenoxy) is 1. The van der Waals surface area contributed by atoms with E-state index in [-0.39, 0.29) is 18.2 Å². The molecule has 1 heterocycles. The van der Waals surface area contributed by atoms with E-state index in [0.29, 0.717) is 0 Å². The molecule has 0 fully saturated rings. The van der Waals surface area contributed by atoms with Crippen LogP contribution >= 0.6 is 0 Å². The van der Waals surface area contributed by atoms with Gasteiger partial charge in [-0.25, -0.2) is 4.98 Å². The first-order chi connectivity index (χ1) is 8.51. The lowest BCUT2D eigenvalue weighted by molar-refractivity contribution is -0.385. The van der Waals surface area contributed by atoms with Crippen LogP contribution in [0.2, 0.25) is 0 Å². The second kappa shape index (κ2) is 5.75. The first-order valence-corrected chi connectivity index (χ1v) is 5.01. The molecule has 1 rings (SSSR count). The van der Waals surface area contributed by atoms with Gasteiger partial charge in [0.15, 0.2) is 0 Å². The molecule has 0 bridgehead atoms. The summed E-state index contributed by atoms with van der Waals surface area (Å²) in [7, 11) is 1.24. The van der Waals surface area contributed by atoms with Crippen molar-refractivity contribution in [2.45, 2.75) is 6.92 Å². The second-order valence-electron chi connectivity index (χ2n) is 3.22. The lowest BCUT2D eigenvalue weighted by atomic mass is 10.4. The van der Waals surface area contributed by atoms with Gasteiger partial charge in [0.05, 0.1) is 12.0 Å². The Morgan fingerprint density at radius 3 is 2.72 bits per heavy atom. The van der Waals surface area contributed by atoms with Gasteiger partial charge in [0.25, 0.3) is 5.88 Å². The molecule has 0 saturated heterocycles. The number of carboxylic acid groups (broad SMARTS) is 1. The highest BCUT2D eigenvalue weighted by atomic mass is 16.6. The minimum absolute atomic E-state index is 0.0725. The van der Waals surface area contributed by atoms with E-state index in [1.165, 1.54) is 12.0 Å². The Morgan fingerprint density at radius 2 is 2.28 bits per heavy atom. The monoisotopic (exact) mass is 256 g/mol. The Morgan fingerprint density at radius 1 is 1.61 bits per heavy atom. The highest BCUT2D eigenvalue weighted by Gasteiger charge is 2.28. The molecule has 9 nitrogen and oxygen atoms in total. The van der Waals surface area contributed by atoms with Gasteiger partial charge in [-0.3, -0.25) is 14.9 Å². The van der Waals surface area contributed by atoms with Gasteiger partial charge < -0.3 is 14.7 Å². The lowest BCUT2D eigenvalue weighted by Gasteiger charge is -2.19. The molecule has 9 heteroatoms. The molecule has 1 aromatic heterocycles. The van der Waals surface area contributed by atoms with Gasteiger partial charge in [-0.2, -0.15) is 4.98 Å². The smallest absolute Gasteiger partial charge is 0.372 e. The molecule has 0 unspecified atom stereocenters. The quantitative estimate of drug-likeness (QED) is 0.570. The van der Waals surface area contributed by atoms with Crippen molar-refractivity contribution >= 4 is 17.5 Å². The zero-order valence-electron chi connectivity index (χ0n) is 9.86. The van der Waals surface area contributed by atoms with Crippen LogP contribution in [0, 0.1) is 10.1 Å². The van der Waals surface area contributed by atoms with Crippen LogP contribution in [0.1, 0.15) is 6.92 Å². The van der Waals surface area contributed by atoms with Crippen LogP contribution in [0.25, 0.3) is 0 Å². The van der Waals surface area contributed by atoms with Crippen molar-refractivity contribution in [3.05, 3.63) is 16.4 Å². The molecule has 0 saturated carbocycles. The minimum atomic E-state index is -1.11. The van der Waals surface area contributed by atoms with Crippen molar-refractivity contribution in [2.24, 2.45) is 0 Å². The van der Waals surface area contributed by atoms with Gasteiger partial charge in [0.1, 0.15) is 12.9 Å². The number of anilines is 1. The van der Waals surface area contributed by atoms with Crippen molar-refractivity contribution in [2.75, 3.05) is 25.1 Å². The summed E-state index contributed by atoms with van der Waals surface area (Å²) in [6, 6.07) is 0. The summed E-state index contributed by atoms with van der Waals surface area (Å²) in [5, 5.41) is 19.7. The van der Waals surface area contributed by atoms with Crippen molar-refractivity contribution in [3.8, 4) is 5.88 Å². The number of nitro groups is 1. The second-order valence-corrected chi connectivity index (χ2v) is 3.22. The largest absolute Gasteiger partial charge is 0.480 e. The Kier molecular flexibility index (Phi) is 4.35. The van der Waals surface area contributed by atoms with E-state index in [4.69, 9.17) is 9.84 Å². The third kappa shape index (κ3) is 2.81. The molecule has 0 aliphatic carbocycles. The number of methoxy groups -OCH3 is 1. The van der Waals surface area contributed by atoms with E-state index in [0.717, 1.165) is 6.33 Å². The van der Waals surface area contributed by atoms with Gasteiger partial charge in [0.2, 0.25) is 5.82 Å². The summed E-state index contributed by atoms with van der Waals surface area (Å²) < 4.78 is 4.78. The fraction of sp³-hybridized carbons (Fsp3) is 0.444. The van der Waals surface area contributed by atoms with E-state index in [9.17, 15) is 14.9 Å². The third-order valence-corrected chi connectivity index (χ3v) is 2.15. The number of aliphatic carboxylic acids is 1. The molecule has 18 heavy (non-hydrogen) atoms. The van der Waals surface area contributed by atoms with Crippen LogP contribution in [0.3, 0.4) is 0 Å². The zero-order chi connectivity index (χ0) is 13.7. The van der Waals surface area contributed by atoms with E-state index in [1.54, 1.807) is 6.92 Å². The molecule has 0 aliphatic heterocycles. The molecule has 98 valence electrons. The topological polar surface area (TPSA) is 119 Å². The number of carbonyl (C=O) groups is 1. The van der Waals surface area contributed by atoms with Crippen molar-refractivity contribution in [1.82, 2.24) is 9.97 Å². The van der Waals surface area contributed by atoms with Crippen molar-refractivity contribution in [3.63, 3.8) is 0 Å². The van der Waals surface area contributed by atoms with Crippen LogP contribution in [-0.4, -0.2) is 46.2 Å². The molecule has 0 aromatic carbocycles.